The van der Waals surface area contributed by atoms with Crippen LogP contribution in [0.5, 0.6) is 5.75 Å². The summed E-state index contributed by atoms with van der Waals surface area (Å²) >= 11 is 0. The minimum Gasteiger partial charge on any atom is -0.496 e. The lowest BCUT2D eigenvalue weighted by Gasteiger charge is -2.34. The van der Waals surface area contributed by atoms with Crippen LogP contribution in [0.2, 0.25) is 0 Å². The Morgan fingerprint density at radius 2 is 1.91 bits per heavy atom. The summed E-state index contributed by atoms with van der Waals surface area (Å²) in [6.07, 6.45) is -2.26. The Hall–Kier alpha value is -2.84. The third kappa shape index (κ3) is 6.36. The SMILES string of the molecule is COc1cc(C(F)(F)F)ccc1-c1nnc(C[C@@H]2CCCN(C(=O)OC(C)(C)C)C2)cc1C. The maximum Gasteiger partial charge on any atom is 0.416 e. The molecular weight excluding hydrogens is 435 g/mol. The van der Waals surface area contributed by atoms with Crippen LogP contribution in [0.25, 0.3) is 11.3 Å². The highest BCUT2D eigenvalue weighted by atomic mass is 19.4. The highest BCUT2D eigenvalue weighted by Gasteiger charge is 2.32. The second-order valence-electron chi connectivity index (χ2n) is 9.42. The number of nitrogens with zero attached hydrogens (tertiary/aromatic N) is 3. The van der Waals surface area contributed by atoms with Gasteiger partial charge in [0, 0.05) is 18.7 Å². The molecule has 3 rings (SSSR count). The number of hydrogen-bond donors (Lipinski definition) is 0. The maximum absolute atomic E-state index is 13.0. The topological polar surface area (TPSA) is 64.6 Å². The molecule has 0 unspecified atom stereocenters. The highest BCUT2D eigenvalue weighted by Crippen LogP contribution is 2.37. The lowest BCUT2D eigenvalue weighted by Crippen LogP contribution is -2.43. The zero-order chi connectivity index (χ0) is 24.4. The van der Waals surface area contributed by atoms with Gasteiger partial charge in [0.2, 0.25) is 0 Å². The van der Waals surface area contributed by atoms with Gasteiger partial charge in [-0.2, -0.15) is 18.3 Å². The van der Waals surface area contributed by atoms with Crippen molar-refractivity contribution in [2.24, 2.45) is 5.92 Å². The van der Waals surface area contributed by atoms with Crippen molar-refractivity contribution < 1.29 is 27.4 Å². The number of likely N-dealkylation sites (tertiary alicyclic amines) is 1. The molecule has 9 heteroatoms. The van der Waals surface area contributed by atoms with E-state index in [1.165, 1.54) is 13.2 Å². The predicted molar refractivity (Wildman–Crippen MR) is 118 cm³/mol. The fraction of sp³-hybridized carbons (Fsp3) is 0.542. The number of alkyl halides is 3. The molecule has 1 aliphatic rings. The van der Waals surface area contributed by atoms with Gasteiger partial charge in [-0.05, 0) is 82.7 Å². The fourth-order valence-corrected chi connectivity index (χ4v) is 3.99. The normalized spacial score (nSPS) is 17.1. The van der Waals surface area contributed by atoms with Crippen molar-refractivity contribution in [3.63, 3.8) is 0 Å². The first-order valence-electron chi connectivity index (χ1n) is 10.9. The van der Waals surface area contributed by atoms with E-state index in [1.54, 1.807) is 4.90 Å². The van der Waals surface area contributed by atoms with Gasteiger partial charge in [0.15, 0.2) is 0 Å². The molecule has 0 radical (unpaired) electrons. The van der Waals surface area contributed by atoms with Crippen LogP contribution in [0, 0.1) is 12.8 Å². The number of carbonyl (C=O) groups excluding carboxylic acids is 1. The number of aryl methyl sites for hydroxylation is 1. The molecule has 180 valence electrons. The third-order valence-electron chi connectivity index (χ3n) is 5.49. The summed E-state index contributed by atoms with van der Waals surface area (Å²) in [6.45, 7) is 8.64. The van der Waals surface area contributed by atoms with Crippen LogP contribution < -0.4 is 4.74 Å². The number of aromatic nitrogens is 2. The summed E-state index contributed by atoms with van der Waals surface area (Å²) in [4.78, 5) is 14.1. The first kappa shape index (κ1) is 24.8. The number of amides is 1. The van der Waals surface area contributed by atoms with Crippen LogP contribution in [-0.2, 0) is 17.3 Å². The number of methoxy groups -OCH3 is 1. The molecule has 1 amide bonds. The van der Waals surface area contributed by atoms with Crippen LogP contribution in [0.3, 0.4) is 0 Å². The van der Waals surface area contributed by atoms with E-state index >= 15 is 0 Å². The van der Waals surface area contributed by atoms with Crippen molar-refractivity contribution in [1.82, 2.24) is 15.1 Å². The van der Waals surface area contributed by atoms with E-state index in [1.807, 2.05) is 33.8 Å². The average Bonchev–Trinajstić information content (AvgIpc) is 2.72. The molecule has 1 atom stereocenters. The van der Waals surface area contributed by atoms with Crippen LogP contribution in [0.15, 0.2) is 24.3 Å². The van der Waals surface area contributed by atoms with E-state index in [4.69, 9.17) is 9.47 Å². The van der Waals surface area contributed by atoms with Gasteiger partial charge in [0.05, 0.1) is 24.1 Å². The van der Waals surface area contributed by atoms with Crippen molar-refractivity contribution in [3.05, 3.63) is 41.1 Å². The van der Waals surface area contributed by atoms with Gasteiger partial charge < -0.3 is 14.4 Å². The summed E-state index contributed by atoms with van der Waals surface area (Å²) in [5, 5.41) is 8.62. The number of ether oxygens (including phenoxy) is 2. The first-order valence-corrected chi connectivity index (χ1v) is 10.9. The quantitative estimate of drug-likeness (QED) is 0.582. The molecule has 0 saturated carbocycles. The Kier molecular flexibility index (Phi) is 7.19. The number of rotatable bonds is 4. The lowest BCUT2D eigenvalue weighted by molar-refractivity contribution is -0.137. The zero-order valence-corrected chi connectivity index (χ0v) is 19.6. The number of carbonyl (C=O) groups is 1. The molecule has 2 heterocycles. The predicted octanol–water partition coefficient (Wildman–Crippen LogP) is 5.67. The molecule has 33 heavy (non-hydrogen) atoms. The van der Waals surface area contributed by atoms with E-state index in [0.29, 0.717) is 30.8 Å². The summed E-state index contributed by atoms with van der Waals surface area (Å²) in [5.41, 5.74) is 1.18. The van der Waals surface area contributed by atoms with Crippen molar-refractivity contribution in [1.29, 1.82) is 0 Å². The Labute approximate surface area is 192 Å². The van der Waals surface area contributed by atoms with Gasteiger partial charge in [-0.1, -0.05) is 0 Å². The van der Waals surface area contributed by atoms with E-state index < -0.39 is 17.3 Å². The number of piperidine rings is 1. The van der Waals surface area contributed by atoms with E-state index in [2.05, 4.69) is 10.2 Å². The maximum atomic E-state index is 13.0. The van der Waals surface area contributed by atoms with Gasteiger partial charge in [-0.15, -0.1) is 5.10 Å². The van der Waals surface area contributed by atoms with Gasteiger partial charge in [0.25, 0.3) is 0 Å². The minimum atomic E-state index is -4.45. The molecule has 0 aliphatic carbocycles. The Morgan fingerprint density at radius 1 is 1.18 bits per heavy atom. The molecule has 0 bridgehead atoms. The smallest absolute Gasteiger partial charge is 0.416 e. The molecule has 1 saturated heterocycles. The minimum absolute atomic E-state index is 0.0928. The van der Waals surface area contributed by atoms with Crippen molar-refractivity contribution >= 4 is 6.09 Å². The number of benzene rings is 1. The molecule has 0 N–H and O–H groups in total. The van der Waals surface area contributed by atoms with Crippen molar-refractivity contribution in [2.75, 3.05) is 20.2 Å². The van der Waals surface area contributed by atoms with E-state index in [0.717, 1.165) is 36.2 Å². The number of halogens is 3. The third-order valence-corrected chi connectivity index (χ3v) is 5.49. The van der Waals surface area contributed by atoms with E-state index in [9.17, 15) is 18.0 Å². The summed E-state index contributed by atoms with van der Waals surface area (Å²) in [7, 11) is 1.33. The van der Waals surface area contributed by atoms with Crippen molar-refractivity contribution in [3.8, 4) is 17.0 Å². The Bertz CT molecular complexity index is 1000. The van der Waals surface area contributed by atoms with E-state index in [-0.39, 0.29) is 17.8 Å². The van der Waals surface area contributed by atoms with Gasteiger partial charge in [-0.3, -0.25) is 0 Å². The van der Waals surface area contributed by atoms with Crippen molar-refractivity contribution in [2.45, 2.75) is 58.7 Å². The molecule has 1 aromatic heterocycles. The zero-order valence-electron chi connectivity index (χ0n) is 19.6. The molecule has 0 spiro atoms. The fourth-order valence-electron chi connectivity index (χ4n) is 3.99. The van der Waals surface area contributed by atoms with Crippen LogP contribution in [0.1, 0.15) is 50.4 Å². The average molecular weight is 466 g/mol. The molecule has 1 aliphatic heterocycles. The summed E-state index contributed by atoms with van der Waals surface area (Å²) < 4.78 is 49.8. The van der Waals surface area contributed by atoms with Gasteiger partial charge in [-0.25, -0.2) is 4.79 Å². The molecule has 6 nitrogen and oxygen atoms in total. The second kappa shape index (κ2) is 9.57. The summed E-state index contributed by atoms with van der Waals surface area (Å²) in [6, 6.07) is 5.24. The largest absolute Gasteiger partial charge is 0.496 e. The second-order valence-corrected chi connectivity index (χ2v) is 9.42. The van der Waals surface area contributed by atoms with Gasteiger partial charge in [0.1, 0.15) is 11.4 Å². The lowest BCUT2D eigenvalue weighted by atomic mass is 9.93. The van der Waals surface area contributed by atoms with Crippen LogP contribution >= 0.6 is 0 Å². The monoisotopic (exact) mass is 465 g/mol. The van der Waals surface area contributed by atoms with Crippen LogP contribution in [-0.4, -0.2) is 47.0 Å². The molecule has 1 aromatic carbocycles. The number of hydrogen-bond acceptors (Lipinski definition) is 5. The molecule has 2 aromatic rings. The molecule has 1 fully saturated rings. The Balaban J connectivity index is 1.74. The van der Waals surface area contributed by atoms with Gasteiger partial charge >= 0.3 is 12.3 Å². The summed E-state index contributed by atoms with van der Waals surface area (Å²) in [5.74, 6) is 0.321. The standard InChI is InChI=1S/C24H30F3N3O3/c1-15-11-18(12-16-7-6-10-30(14-16)22(31)33-23(2,3)4)28-29-21(15)19-9-8-17(24(25,26)27)13-20(19)32-5/h8-9,11,13,16H,6-7,10,12,14H2,1-5H3/t16-/m0/s1. The first-order chi connectivity index (χ1) is 15.4. The molecular formula is C24H30F3N3O3. The van der Waals surface area contributed by atoms with Crippen LogP contribution in [0.4, 0.5) is 18.0 Å². The highest BCUT2D eigenvalue weighted by molar-refractivity contribution is 5.70. The Morgan fingerprint density at radius 3 is 2.52 bits per heavy atom.